The third-order valence-corrected chi connectivity index (χ3v) is 5.58. The van der Waals surface area contributed by atoms with Crippen molar-refractivity contribution in [2.45, 2.75) is 39.3 Å². The molecule has 1 aromatic carbocycles. The zero-order valence-electron chi connectivity index (χ0n) is 15.9. The molecule has 2 aromatic heterocycles. The summed E-state index contributed by atoms with van der Waals surface area (Å²) < 4.78 is 1.06. The van der Waals surface area contributed by atoms with Crippen LogP contribution in [0.3, 0.4) is 0 Å². The predicted molar refractivity (Wildman–Crippen MR) is 114 cm³/mol. The molecular formula is C22H23BrN4O. The maximum Gasteiger partial charge on any atom is 0.255 e. The van der Waals surface area contributed by atoms with Gasteiger partial charge in [-0.3, -0.25) is 14.7 Å². The summed E-state index contributed by atoms with van der Waals surface area (Å²) in [5, 5.41) is 0. The molecule has 6 heteroatoms. The zero-order valence-corrected chi connectivity index (χ0v) is 17.5. The fraction of sp³-hybridized carbons (Fsp3) is 0.318. The van der Waals surface area contributed by atoms with E-state index in [1.807, 2.05) is 18.3 Å². The first-order valence-corrected chi connectivity index (χ1v) is 10.5. The maximum absolute atomic E-state index is 12.4. The fourth-order valence-corrected chi connectivity index (χ4v) is 3.85. The SMILES string of the molecule is CCCc1nc2c(c(=O)[nH]1)CN(Cc1ccc(-c3ccc(Br)cc3)nc1)CC2. The number of H-pyrrole nitrogens is 1. The van der Waals surface area contributed by atoms with Gasteiger partial charge in [0.05, 0.1) is 17.0 Å². The maximum atomic E-state index is 12.4. The molecule has 28 heavy (non-hydrogen) atoms. The Bertz CT molecular complexity index is 1010. The number of hydrogen-bond acceptors (Lipinski definition) is 4. The van der Waals surface area contributed by atoms with Crippen LogP contribution in [-0.2, 0) is 25.9 Å². The molecule has 0 amide bonds. The molecule has 0 saturated heterocycles. The van der Waals surface area contributed by atoms with E-state index in [1.165, 1.54) is 0 Å². The number of benzene rings is 1. The lowest BCUT2D eigenvalue weighted by Gasteiger charge is -2.27. The van der Waals surface area contributed by atoms with Gasteiger partial charge in [-0.25, -0.2) is 4.98 Å². The van der Waals surface area contributed by atoms with Crippen molar-refractivity contribution in [1.29, 1.82) is 0 Å². The number of aromatic amines is 1. The smallest absolute Gasteiger partial charge is 0.255 e. The van der Waals surface area contributed by atoms with Crippen LogP contribution in [-0.4, -0.2) is 26.4 Å². The van der Waals surface area contributed by atoms with Gasteiger partial charge in [0, 0.05) is 48.7 Å². The van der Waals surface area contributed by atoms with Gasteiger partial charge in [0.15, 0.2) is 0 Å². The topological polar surface area (TPSA) is 61.9 Å². The van der Waals surface area contributed by atoms with Crippen LogP contribution in [0.15, 0.2) is 51.9 Å². The van der Waals surface area contributed by atoms with Gasteiger partial charge in [-0.15, -0.1) is 0 Å². The molecule has 1 aliphatic rings. The molecule has 0 aliphatic carbocycles. The molecule has 1 N–H and O–H groups in total. The van der Waals surface area contributed by atoms with Crippen LogP contribution in [0.25, 0.3) is 11.3 Å². The van der Waals surface area contributed by atoms with Crippen LogP contribution in [0.2, 0.25) is 0 Å². The molecule has 0 fully saturated rings. The molecular weight excluding hydrogens is 416 g/mol. The van der Waals surface area contributed by atoms with Crippen LogP contribution in [0.1, 0.15) is 36.0 Å². The van der Waals surface area contributed by atoms with Gasteiger partial charge in [-0.05, 0) is 30.2 Å². The highest BCUT2D eigenvalue weighted by molar-refractivity contribution is 9.10. The van der Waals surface area contributed by atoms with E-state index in [0.717, 1.165) is 70.7 Å². The Labute approximate surface area is 173 Å². The Morgan fingerprint density at radius 1 is 1.18 bits per heavy atom. The van der Waals surface area contributed by atoms with E-state index in [2.05, 4.69) is 67.0 Å². The lowest BCUT2D eigenvalue weighted by Crippen LogP contribution is -2.35. The lowest BCUT2D eigenvalue weighted by molar-refractivity contribution is 0.241. The summed E-state index contributed by atoms with van der Waals surface area (Å²) >= 11 is 3.46. The van der Waals surface area contributed by atoms with Gasteiger partial charge < -0.3 is 4.98 Å². The average Bonchev–Trinajstić information content (AvgIpc) is 2.70. The van der Waals surface area contributed by atoms with Crippen molar-refractivity contribution in [3.05, 3.63) is 80.1 Å². The van der Waals surface area contributed by atoms with E-state index in [0.29, 0.717) is 6.54 Å². The predicted octanol–water partition coefficient (Wildman–Crippen LogP) is 4.11. The molecule has 3 heterocycles. The number of nitrogens with one attached hydrogen (secondary N) is 1. The van der Waals surface area contributed by atoms with Crippen molar-refractivity contribution in [2.75, 3.05) is 6.54 Å². The summed E-state index contributed by atoms with van der Waals surface area (Å²) in [5.41, 5.74) is 5.00. The molecule has 0 unspecified atom stereocenters. The monoisotopic (exact) mass is 438 g/mol. The average molecular weight is 439 g/mol. The summed E-state index contributed by atoms with van der Waals surface area (Å²) in [7, 11) is 0. The number of rotatable bonds is 5. The van der Waals surface area contributed by atoms with Crippen LogP contribution in [0.5, 0.6) is 0 Å². The zero-order chi connectivity index (χ0) is 19.5. The Hall–Kier alpha value is -2.31. The molecule has 4 rings (SSSR count). The molecule has 0 spiro atoms. The van der Waals surface area contributed by atoms with Crippen LogP contribution < -0.4 is 5.56 Å². The Morgan fingerprint density at radius 2 is 2.00 bits per heavy atom. The van der Waals surface area contributed by atoms with Crippen LogP contribution in [0.4, 0.5) is 0 Å². The molecule has 3 aromatic rings. The van der Waals surface area contributed by atoms with Crippen molar-refractivity contribution in [2.24, 2.45) is 0 Å². The number of pyridine rings is 1. The summed E-state index contributed by atoms with van der Waals surface area (Å²) in [5.74, 6) is 0.812. The normalized spacial score (nSPS) is 14.1. The Morgan fingerprint density at radius 3 is 2.71 bits per heavy atom. The van der Waals surface area contributed by atoms with Crippen LogP contribution in [0, 0.1) is 0 Å². The van der Waals surface area contributed by atoms with Crippen molar-refractivity contribution >= 4 is 15.9 Å². The van der Waals surface area contributed by atoms with E-state index in [4.69, 9.17) is 0 Å². The number of hydrogen-bond donors (Lipinski definition) is 1. The number of nitrogens with zero attached hydrogens (tertiary/aromatic N) is 3. The van der Waals surface area contributed by atoms with E-state index >= 15 is 0 Å². The number of aryl methyl sites for hydroxylation is 1. The van der Waals surface area contributed by atoms with Crippen LogP contribution >= 0.6 is 15.9 Å². The standard InChI is InChI=1S/C22H23BrN4O/c1-2-3-21-25-20-10-11-27(14-18(20)22(28)26-21)13-15-4-9-19(24-12-15)16-5-7-17(23)8-6-16/h4-9,12H,2-3,10-11,13-14H2,1H3,(H,25,26,28). The first-order valence-electron chi connectivity index (χ1n) is 9.66. The molecule has 5 nitrogen and oxygen atoms in total. The van der Waals surface area contributed by atoms with Gasteiger partial charge in [-0.2, -0.15) is 0 Å². The summed E-state index contributed by atoms with van der Waals surface area (Å²) in [4.78, 5) is 26.9. The quantitative estimate of drug-likeness (QED) is 0.650. The van der Waals surface area contributed by atoms with E-state index in [9.17, 15) is 4.79 Å². The highest BCUT2D eigenvalue weighted by Crippen LogP contribution is 2.21. The third kappa shape index (κ3) is 4.23. The molecule has 0 bridgehead atoms. The minimum absolute atomic E-state index is 0.0156. The van der Waals surface area contributed by atoms with Gasteiger partial charge in [-0.1, -0.05) is 41.1 Å². The highest BCUT2D eigenvalue weighted by atomic mass is 79.9. The lowest BCUT2D eigenvalue weighted by atomic mass is 10.1. The second kappa shape index (κ2) is 8.37. The number of fused-ring (bicyclic) bond motifs is 1. The van der Waals surface area contributed by atoms with E-state index < -0.39 is 0 Å². The molecule has 0 saturated carbocycles. The first kappa shape index (κ1) is 19.0. The molecule has 0 atom stereocenters. The largest absolute Gasteiger partial charge is 0.310 e. The molecule has 144 valence electrons. The second-order valence-corrected chi connectivity index (χ2v) is 8.12. The second-order valence-electron chi connectivity index (χ2n) is 7.21. The number of aromatic nitrogens is 3. The highest BCUT2D eigenvalue weighted by Gasteiger charge is 2.21. The summed E-state index contributed by atoms with van der Waals surface area (Å²) in [6.07, 6.45) is 4.56. The van der Waals surface area contributed by atoms with Crippen molar-refractivity contribution in [3.63, 3.8) is 0 Å². The van der Waals surface area contributed by atoms with Gasteiger partial charge in [0.2, 0.25) is 0 Å². The van der Waals surface area contributed by atoms with Crippen molar-refractivity contribution < 1.29 is 0 Å². The van der Waals surface area contributed by atoms with Gasteiger partial charge in [0.1, 0.15) is 5.82 Å². The summed E-state index contributed by atoms with van der Waals surface area (Å²) in [6.45, 7) is 4.42. The Kier molecular flexibility index (Phi) is 5.69. The first-order chi connectivity index (χ1) is 13.6. The minimum Gasteiger partial charge on any atom is -0.310 e. The van der Waals surface area contributed by atoms with Crippen molar-refractivity contribution in [1.82, 2.24) is 19.9 Å². The van der Waals surface area contributed by atoms with Crippen molar-refractivity contribution in [3.8, 4) is 11.3 Å². The summed E-state index contributed by atoms with van der Waals surface area (Å²) in [6, 6.07) is 12.3. The minimum atomic E-state index is 0.0156. The Balaban J connectivity index is 1.46. The van der Waals surface area contributed by atoms with E-state index in [1.54, 1.807) is 0 Å². The fourth-order valence-electron chi connectivity index (χ4n) is 3.59. The molecule has 0 radical (unpaired) electrons. The van der Waals surface area contributed by atoms with E-state index in [-0.39, 0.29) is 5.56 Å². The van der Waals surface area contributed by atoms with Gasteiger partial charge in [0.25, 0.3) is 5.56 Å². The number of halogens is 1. The molecule has 1 aliphatic heterocycles. The van der Waals surface area contributed by atoms with Gasteiger partial charge >= 0.3 is 0 Å². The third-order valence-electron chi connectivity index (χ3n) is 5.05.